The summed E-state index contributed by atoms with van der Waals surface area (Å²) in [6.45, 7) is 6.20. The normalized spacial score (nSPS) is 9.25. The van der Waals surface area contributed by atoms with Crippen molar-refractivity contribution in [2.45, 2.75) is 26.7 Å². The Balaban J connectivity index is 0. The van der Waals surface area contributed by atoms with E-state index < -0.39 is 0 Å². The molecule has 0 aromatic carbocycles. The first kappa shape index (κ1) is 17.7. The maximum Gasteiger partial charge on any atom is 0.305 e. The van der Waals surface area contributed by atoms with Gasteiger partial charge in [-0.15, -0.1) is 0 Å². The summed E-state index contributed by atoms with van der Waals surface area (Å²) >= 11 is 0. The van der Waals surface area contributed by atoms with Crippen LogP contribution in [0.15, 0.2) is 0 Å². The van der Waals surface area contributed by atoms with Gasteiger partial charge >= 0.3 is 5.97 Å². The Morgan fingerprint density at radius 3 is 2.19 bits per heavy atom. The molecule has 0 aliphatic carbocycles. The molecule has 0 unspecified atom stereocenters. The molecule has 98 valence electrons. The van der Waals surface area contributed by atoms with Crippen molar-refractivity contribution in [1.82, 2.24) is 0 Å². The highest BCUT2D eigenvalue weighted by molar-refractivity contribution is 5.69. The largest absolute Gasteiger partial charge is 0.463 e. The molecule has 0 bridgehead atoms. The van der Waals surface area contributed by atoms with Crippen LogP contribution in [0.5, 0.6) is 0 Å². The van der Waals surface area contributed by atoms with Gasteiger partial charge in [0.2, 0.25) is 0 Å². The summed E-state index contributed by atoms with van der Waals surface area (Å²) in [4.78, 5) is 10.7. The van der Waals surface area contributed by atoms with Gasteiger partial charge in [-0.3, -0.25) is 4.79 Å². The molecule has 0 atom stereocenters. The molecular weight excluding hydrogens is 212 g/mol. The number of hydrogen-bond donors (Lipinski definition) is 1. The fourth-order valence-corrected chi connectivity index (χ4v) is 0.797. The van der Waals surface area contributed by atoms with Gasteiger partial charge in [0.15, 0.2) is 0 Å². The van der Waals surface area contributed by atoms with Gasteiger partial charge in [0.25, 0.3) is 0 Å². The molecular formula is C11H24O5. The molecule has 0 spiro atoms. The van der Waals surface area contributed by atoms with Crippen molar-refractivity contribution < 1.29 is 24.1 Å². The van der Waals surface area contributed by atoms with Crippen molar-refractivity contribution >= 4 is 5.97 Å². The quantitative estimate of drug-likeness (QED) is 0.503. The fraction of sp³-hybridized carbons (Fsp3) is 0.909. The molecule has 1 N–H and O–H groups in total. The molecule has 0 fully saturated rings. The molecule has 5 heteroatoms. The number of ether oxygens (including phenoxy) is 3. The third-order valence-electron chi connectivity index (χ3n) is 1.49. The van der Waals surface area contributed by atoms with Crippen LogP contribution in [0.3, 0.4) is 0 Å². The van der Waals surface area contributed by atoms with Crippen molar-refractivity contribution in [2.24, 2.45) is 0 Å². The highest BCUT2D eigenvalue weighted by Crippen LogP contribution is 1.92. The zero-order chi connectivity index (χ0) is 12.6. The van der Waals surface area contributed by atoms with Crippen LogP contribution in [0.4, 0.5) is 0 Å². The van der Waals surface area contributed by atoms with Crippen LogP contribution < -0.4 is 0 Å². The van der Waals surface area contributed by atoms with Gasteiger partial charge < -0.3 is 19.3 Å². The fourth-order valence-electron chi connectivity index (χ4n) is 0.797. The molecule has 0 aliphatic rings. The summed E-state index contributed by atoms with van der Waals surface area (Å²) in [6.07, 6.45) is 1.02. The molecule has 16 heavy (non-hydrogen) atoms. The van der Waals surface area contributed by atoms with Gasteiger partial charge in [-0.2, -0.15) is 0 Å². The zero-order valence-electron chi connectivity index (χ0n) is 10.5. The van der Waals surface area contributed by atoms with Crippen molar-refractivity contribution in [3.8, 4) is 0 Å². The lowest BCUT2D eigenvalue weighted by Crippen LogP contribution is -2.08. The summed E-state index contributed by atoms with van der Waals surface area (Å²) in [5.41, 5.74) is 0. The Morgan fingerprint density at radius 2 is 1.81 bits per heavy atom. The predicted octanol–water partition coefficient (Wildman–Crippen LogP) is 0.991. The lowest BCUT2D eigenvalue weighted by atomic mass is 10.3. The van der Waals surface area contributed by atoms with Crippen molar-refractivity contribution in [3.05, 3.63) is 0 Å². The third kappa shape index (κ3) is 19.0. The summed E-state index contributed by atoms with van der Waals surface area (Å²) in [5.74, 6) is -0.281. The van der Waals surface area contributed by atoms with Crippen LogP contribution in [-0.4, -0.2) is 51.2 Å². The molecule has 0 rings (SSSR count). The second-order valence-electron chi connectivity index (χ2n) is 2.82. The Bertz CT molecular complexity index is 136. The van der Waals surface area contributed by atoms with E-state index in [9.17, 15) is 4.79 Å². The van der Waals surface area contributed by atoms with E-state index in [4.69, 9.17) is 14.6 Å². The van der Waals surface area contributed by atoms with Crippen LogP contribution in [0.1, 0.15) is 26.7 Å². The Hall–Kier alpha value is -0.650. The molecule has 0 aromatic heterocycles. The first-order valence-corrected chi connectivity index (χ1v) is 5.56. The lowest BCUT2D eigenvalue weighted by molar-refractivity contribution is -0.144. The zero-order valence-corrected chi connectivity index (χ0v) is 10.5. The Kier molecular flexibility index (Phi) is 18.6. The number of rotatable bonds is 8. The van der Waals surface area contributed by atoms with E-state index in [-0.39, 0.29) is 19.2 Å². The first-order valence-electron chi connectivity index (χ1n) is 5.56. The van der Waals surface area contributed by atoms with Crippen molar-refractivity contribution in [3.63, 3.8) is 0 Å². The standard InChI is InChI=1S/C7H14O4.C4H10O/c1-10-5-2-3-7(9)11-6-4-8;1-3-5-4-2/h8H,2-6H2,1H3;3-4H2,1-2H3. The molecule has 0 saturated heterocycles. The lowest BCUT2D eigenvalue weighted by Gasteiger charge is -2.01. The van der Waals surface area contributed by atoms with Crippen LogP contribution >= 0.6 is 0 Å². The third-order valence-corrected chi connectivity index (χ3v) is 1.49. The molecule has 5 nitrogen and oxygen atoms in total. The minimum absolute atomic E-state index is 0.0891. The number of aliphatic hydroxyl groups is 1. The SMILES string of the molecule is CCOCC.COCCCC(=O)OCCO. The van der Waals surface area contributed by atoms with Gasteiger partial charge in [-0.1, -0.05) is 0 Å². The average molecular weight is 236 g/mol. The van der Waals surface area contributed by atoms with Crippen LogP contribution in [0, 0.1) is 0 Å². The number of hydrogen-bond acceptors (Lipinski definition) is 5. The van der Waals surface area contributed by atoms with Gasteiger partial charge in [0, 0.05) is 33.4 Å². The molecule has 0 aliphatic heterocycles. The topological polar surface area (TPSA) is 65.0 Å². The Morgan fingerprint density at radius 1 is 1.19 bits per heavy atom. The summed E-state index contributed by atoms with van der Waals surface area (Å²) in [7, 11) is 1.58. The molecule has 0 aromatic rings. The number of methoxy groups -OCH3 is 1. The maximum atomic E-state index is 10.7. The molecule has 0 amide bonds. The first-order chi connectivity index (χ1) is 7.72. The van der Waals surface area contributed by atoms with E-state index in [1.54, 1.807) is 7.11 Å². The van der Waals surface area contributed by atoms with E-state index in [2.05, 4.69) is 4.74 Å². The maximum absolute atomic E-state index is 10.7. The van der Waals surface area contributed by atoms with E-state index in [0.717, 1.165) is 13.2 Å². The van der Waals surface area contributed by atoms with Gasteiger partial charge in [0.05, 0.1) is 6.61 Å². The van der Waals surface area contributed by atoms with E-state index in [0.29, 0.717) is 19.4 Å². The van der Waals surface area contributed by atoms with E-state index in [1.807, 2.05) is 13.8 Å². The van der Waals surface area contributed by atoms with Gasteiger partial charge in [-0.05, 0) is 20.3 Å². The van der Waals surface area contributed by atoms with Gasteiger partial charge in [-0.25, -0.2) is 0 Å². The number of esters is 1. The monoisotopic (exact) mass is 236 g/mol. The molecule has 0 heterocycles. The highest BCUT2D eigenvalue weighted by atomic mass is 16.5. The minimum Gasteiger partial charge on any atom is -0.463 e. The minimum atomic E-state index is -0.281. The smallest absolute Gasteiger partial charge is 0.305 e. The highest BCUT2D eigenvalue weighted by Gasteiger charge is 2.00. The van der Waals surface area contributed by atoms with Crippen LogP contribution in [0.2, 0.25) is 0 Å². The van der Waals surface area contributed by atoms with Crippen molar-refractivity contribution in [2.75, 3.05) is 40.1 Å². The average Bonchev–Trinajstić information content (AvgIpc) is 2.29. The second-order valence-corrected chi connectivity index (χ2v) is 2.82. The summed E-state index contributed by atoms with van der Waals surface area (Å²) in [5, 5.41) is 8.28. The number of carbonyl (C=O) groups excluding carboxylic acids is 1. The Labute approximate surface area is 97.7 Å². The van der Waals surface area contributed by atoms with Crippen LogP contribution in [0.25, 0.3) is 0 Å². The van der Waals surface area contributed by atoms with Crippen molar-refractivity contribution in [1.29, 1.82) is 0 Å². The summed E-state index contributed by atoms with van der Waals surface area (Å²) in [6, 6.07) is 0. The molecule has 0 saturated carbocycles. The van der Waals surface area contributed by atoms with E-state index >= 15 is 0 Å². The predicted molar refractivity (Wildman–Crippen MR) is 61.3 cm³/mol. The summed E-state index contributed by atoms with van der Waals surface area (Å²) < 4.78 is 14.2. The second kappa shape index (κ2) is 16.8. The molecule has 0 radical (unpaired) electrons. The van der Waals surface area contributed by atoms with Gasteiger partial charge in [0.1, 0.15) is 6.61 Å². The van der Waals surface area contributed by atoms with Crippen LogP contribution in [-0.2, 0) is 19.0 Å². The number of aliphatic hydroxyl groups excluding tert-OH is 1. The number of carbonyl (C=O) groups is 1. The van der Waals surface area contributed by atoms with E-state index in [1.165, 1.54) is 0 Å².